The van der Waals surface area contributed by atoms with Crippen LogP contribution in [-0.4, -0.2) is 23.0 Å². The minimum absolute atomic E-state index is 0.0680. The minimum Gasteiger partial charge on any atom is -0.208 e. The van der Waals surface area contributed by atoms with Gasteiger partial charge in [0.25, 0.3) is 0 Å². The fourth-order valence-corrected chi connectivity index (χ4v) is 8.06. The van der Waals surface area contributed by atoms with E-state index in [1.165, 1.54) is 38.4 Å². The van der Waals surface area contributed by atoms with Gasteiger partial charge in [-0.25, -0.2) is 15.0 Å². The standard InChI is InChI=1S/C43H37N3Si/c1-43(2)38-26-32(20-22-36(38)37-23-21-35(27-39(37)43)47(3,4)5)31-16-11-17-33(25-31)41-44-40(29-13-7-6-8-14-29)45-42(46-41)34-19-18-28-12-9-10-15-30(28)24-34/h6-27H,1-5H3. The van der Waals surface area contributed by atoms with Crippen LogP contribution in [0.3, 0.4) is 0 Å². The van der Waals surface area contributed by atoms with E-state index in [1.54, 1.807) is 0 Å². The molecule has 0 atom stereocenters. The van der Waals surface area contributed by atoms with Gasteiger partial charge in [0, 0.05) is 22.1 Å². The normalized spacial score (nSPS) is 13.4. The highest BCUT2D eigenvalue weighted by atomic mass is 28.3. The molecule has 0 N–H and O–H groups in total. The summed E-state index contributed by atoms with van der Waals surface area (Å²) in [5.41, 5.74) is 10.7. The zero-order valence-electron chi connectivity index (χ0n) is 27.5. The Balaban J connectivity index is 1.22. The van der Waals surface area contributed by atoms with E-state index in [1.807, 2.05) is 18.2 Å². The summed E-state index contributed by atoms with van der Waals surface area (Å²) in [6.07, 6.45) is 0. The summed E-state index contributed by atoms with van der Waals surface area (Å²) in [6, 6.07) is 47.7. The van der Waals surface area contributed by atoms with Gasteiger partial charge in [0.1, 0.15) is 0 Å². The summed E-state index contributed by atoms with van der Waals surface area (Å²) in [6.45, 7) is 12.0. The molecule has 4 heteroatoms. The van der Waals surface area contributed by atoms with E-state index in [-0.39, 0.29) is 5.41 Å². The molecule has 1 aliphatic carbocycles. The molecule has 3 nitrogen and oxygen atoms in total. The Hall–Kier alpha value is -5.19. The van der Waals surface area contributed by atoms with E-state index in [4.69, 9.17) is 15.0 Å². The van der Waals surface area contributed by atoms with Gasteiger partial charge in [-0.3, -0.25) is 0 Å². The van der Waals surface area contributed by atoms with Gasteiger partial charge in [-0.15, -0.1) is 0 Å². The maximum atomic E-state index is 5.06. The Morgan fingerprint density at radius 2 is 0.957 bits per heavy atom. The van der Waals surface area contributed by atoms with E-state index in [0.717, 1.165) is 27.6 Å². The number of benzene rings is 6. The molecule has 0 bridgehead atoms. The van der Waals surface area contributed by atoms with Crippen LogP contribution < -0.4 is 5.19 Å². The molecule has 0 saturated heterocycles. The van der Waals surface area contributed by atoms with E-state index in [9.17, 15) is 0 Å². The van der Waals surface area contributed by atoms with Gasteiger partial charge in [-0.1, -0.05) is 154 Å². The molecule has 228 valence electrons. The SMILES string of the molecule is CC1(C)c2cc(-c3cccc(-c4nc(-c5ccccc5)nc(-c5ccc6ccccc6c5)n4)c3)ccc2-c2ccc([Si](C)(C)C)cc21. The van der Waals surface area contributed by atoms with Crippen LogP contribution >= 0.6 is 0 Å². The molecule has 0 fully saturated rings. The molecule has 0 spiro atoms. The van der Waals surface area contributed by atoms with E-state index in [0.29, 0.717) is 17.5 Å². The quantitative estimate of drug-likeness (QED) is 0.179. The van der Waals surface area contributed by atoms with E-state index in [2.05, 4.69) is 149 Å². The highest BCUT2D eigenvalue weighted by molar-refractivity contribution is 6.88. The second kappa shape index (κ2) is 11.0. The molecule has 8 rings (SSSR count). The summed E-state index contributed by atoms with van der Waals surface area (Å²) in [5, 5.41) is 3.87. The van der Waals surface area contributed by atoms with Crippen LogP contribution in [-0.2, 0) is 5.41 Å². The summed E-state index contributed by atoms with van der Waals surface area (Å²) in [4.78, 5) is 15.0. The molecule has 0 radical (unpaired) electrons. The second-order valence-electron chi connectivity index (χ2n) is 14.2. The molecule has 47 heavy (non-hydrogen) atoms. The Kier molecular flexibility index (Phi) is 6.82. The number of fused-ring (bicyclic) bond motifs is 4. The largest absolute Gasteiger partial charge is 0.208 e. The fraction of sp³-hybridized carbons (Fsp3) is 0.140. The number of rotatable bonds is 5. The molecule has 0 aliphatic heterocycles. The minimum atomic E-state index is -1.42. The first-order chi connectivity index (χ1) is 22.6. The van der Waals surface area contributed by atoms with Crippen LogP contribution in [0.2, 0.25) is 19.6 Å². The van der Waals surface area contributed by atoms with Crippen molar-refractivity contribution >= 4 is 24.0 Å². The molecule has 1 heterocycles. The topological polar surface area (TPSA) is 38.7 Å². The Bertz CT molecular complexity index is 2320. The lowest BCUT2D eigenvalue weighted by atomic mass is 9.81. The van der Waals surface area contributed by atoms with Gasteiger partial charge in [0.05, 0.1) is 8.07 Å². The maximum absolute atomic E-state index is 5.06. The van der Waals surface area contributed by atoms with Gasteiger partial charge in [-0.2, -0.15) is 0 Å². The summed E-state index contributed by atoms with van der Waals surface area (Å²) >= 11 is 0. The summed E-state index contributed by atoms with van der Waals surface area (Å²) < 4.78 is 0. The van der Waals surface area contributed by atoms with Crippen molar-refractivity contribution in [3.63, 3.8) is 0 Å². The van der Waals surface area contributed by atoms with Gasteiger partial charge >= 0.3 is 0 Å². The average molecular weight is 624 g/mol. The van der Waals surface area contributed by atoms with Crippen molar-refractivity contribution in [2.24, 2.45) is 0 Å². The van der Waals surface area contributed by atoms with Crippen LogP contribution in [0.25, 0.3) is 67.2 Å². The lowest BCUT2D eigenvalue weighted by molar-refractivity contribution is 0.661. The first kappa shape index (κ1) is 29.2. The maximum Gasteiger partial charge on any atom is 0.164 e. The second-order valence-corrected chi connectivity index (χ2v) is 19.3. The molecule has 6 aromatic carbocycles. The molecule has 0 amide bonds. The number of hydrogen-bond donors (Lipinski definition) is 0. The number of hydrogen-bond acceptors (Lipinski definition) is 3. The van der Waals surface area contributed by atoms with Gasteiger partial charge < -0.3 is 0 Å². The molecular weight excluding hydrogens is 587 g/mol. The Labute approximate surface area is 278 Å². The smallest absolute Gasteiger partial charge is 0.164 e. The predicted molar refractivity (Wildman–Crippen MR) is 200 cm³/mol. The van der Waals surface area contributed by atoms with Crippen molar-refractivity contribution in [2.75, 3.05) is 0 Å². The van der Waals surface area contributed by atoms with Crippen LogP contribution in [0, 0.1) is 0 Å². The van der Waals surface area contributed by atoms with E-state index >= 15 is 0 Å². The molecule has 7 aromatic rings. The monoisotopic (exact) mass is 623 g/mol. The highest BCUT2D eigenvalue weighted by Gasteiger charge is 2.36. The van der Waals surface area contributed by atoms with Crippen LogP contribution in [0.4, 0.5) is 0 Å². The van der Waals surface area contributed by atoms with Gasteiger partial charge in [-0.05, 0) is 62.4 Å². The highest BCUT2D eigenvalue weighted by Crippen LogP contribution is 2.49. The first-order valence-electron chi connectivity index (χ1n) is 16.4. The third-order valence-electron chi connectivity index (χ3n) is 9.67. The van der Waals surface area contributed by atoms with Crippen molar-refractivity contribution in [1.29, 1.82) is 0 Å². The average Bonchev–Trinajstić information content (AvgIpc) is 3.33. The molecular formula is C43H37N3Si. The fourth-order valence-electron chi connectivity index (χ4n) is 6.90. The third kappa shape index (κ3) is 5.19. The molecule has 1 aliphatic rings. The van der Waals surface area contributed by atoms with Crippen molar-refractivity contribution in [1.82, 2.24) is 15.0 Å². The van der Waals surface area contributed by atoms with Crippen molar-refractivity contribution in [3.05, 3.63) is 145 Å². The van der Waals surface area contributed by atoms with Crippen LogP contribution in [0.5, 0.6) is 0 Å². The van der Waals surface area contributed by atoms with Gasteiger partial charge in [0.15, 0.2) is 17.5 Å². The Morgan fingerprint density at radius 3 is 1.68 bits per heavy atom. The lowest BCUT2D eigenvalue weighted by Crippen LogP contribution is -2.38. The Morgan fingerprint density at radius 1 is 0.426 bits per heavy atom. The molecule has 0 saturated carbocycles. The first-order valence-corrected chi connectivity index (χ1v) is 19.9. The van der Waals surface area contributed by atoms with Crippen LogP contribution in [0.1, 0.15) is 25.0 Å². The number of aromatic nitrogens is 3. The summed E-state index contributed by atoms with van der Waals surface area (Å²) in [7, 11) is -1.42. The zero-order chi connectivity index (χ0) is 32.3. The van der Waals surface area contributed by atoms with E-state index < -0.39 is 8.07 Å². The summed E-state index contributed by atoms with van der Waals surface area (Å²) in [5.74, 6) is 2.00. The van der Waals surface area contributed by atoms with Crippen molar-refractivity contribution in [2.45, 2.75) is 38.9 Å². The van der Waals surface area contributed by atoms with Crippen LogP contribution in [0.15, 0.2) is 133 Å². The predicted octanol–water partition coefficient (Wildman–Crippen LogP) is 10.5. The number of nitrogens with zero attached hydrogens (tertiary/aromatic N) is 3. The van der Waals surface area contributed by atoms with Crippen molar-refractivity contribution < 1.29 is 0 Å². The third-order valence-corrected chi connectivity index (χ3v) is 11.7. The van der Waals surface area contributed by atoms with Gasteiger partial charge in [0.2, 0.25) is 0 Å². The molecule has 0 unspecified atom stereocenters. The zero-order valence-corrected chi connectivity index (χ0v) is 28.5. The lowest BCUT2D eigenvalue weighted by Gasteiger charge is -2.24. The van der Waals surface area contributed by atoms with Crippen molar-refractivity contribution in [3.8, 4) is 56.4 Å². The molecule has 1 aromatic heterocycles.